The molecule has 1 heterocycles. The number of aromatic nitrogens is 3. The molecule has 0 radical (unpaired) electrons. The van der Waals surface area contributed by atoms with E-state index in [1.54, 1.807) is 22.5 Å². The first kappa shape index (κ1) is 12.8. The number of nitrogens with zero attached hydrogens (tertiary/aromatic N) is 7. The monoisotopic (exact) mass is 236 g/mol. The first-order valence-corrected chi connectivity index (χ1v) is 4.90. The molecule has 0 aromatic carbocycles. The molecule has 8 heteroatoms. The largest absolute Gasteiger partial charge is 0.369 e. The van der Waals surface area contributed by atoms with Gasteiger partial charge in [0.25, 0.3) is 11.9 Å². The van der Waals surface area contributed by atoms with Gasteiger partial charge in [-0.3, -0.25) is 0 Å². The van der Waals surface area contributed by atoms with Crippen molar-refractivity contribution in [1.82, 2.24) is 24.8 Å². The standard InChI is InChI=1S/C9H16N8/c1-16(2)5-11-8-13-7(10)14-9(15-8)12-6-17(3)4/h5-6H,1-4H3,(H2,10,13,14,15). The molecule has 92 valence electrons. The van der Waals surface area contributed by atoms with Crippen LogP contribution in [0.1, 0.15) is 0 Å². The van der Waals surface area contributed by atoms with E-state index in [1.165, 1.54) is 0 Å². The van der Waals surface area contributed by atoms with E-state index in [9.17, 15) is 0 Å². The van der Waals surface area contributed by atoms with Crippen molar-refractivity contribution >= 4 is 30.5 Å². The van der Waals surface area contributed by atoms with Gasteiger partial charge in [0, 0.05) is 28.2 Å². The molecule has 0 bridgehead atoms. The first-order chi connectivity index (χ1) is 7.97. The van der Waals surface area contributed by atoms with Gasteiger partial charge in [0.05, 0.1) is 12.7 Å². The molecule has 0 atom stereocenters. The summed E-state index contributed by atoms with van der Waals surface area (Å²) in [5.74, 6) is 0.561. The van der Waals surface area contributed by atoms with Crippen molar-refractivity contribution in [1.29, 1.82) is 0 Å². The Labute approximate surface area is 99.9 Å². The van der Waals surface area contributed by atoms with Crippen LogP contribution in [0.5, 0.6) is 0 Å². The molecule has 0 aliphatic rings. The molecule has 1 aromatic heterocycles. The number of aliphatic imine (C=N–C) groups is 2. The Balaban J connectivity index is 2.94. The van der Waals surface area contributed by atoms with E-state index in [4.69, 9.17) is 5.73 Å². The van der Waals surface area contributed by atoms with Crippen LogP contribution in [0.15, 0.2) is 9.98 Å². The Morgan fingerprint density at radius 3 is 1.65 bits per heavy atom. The van der Waals surface area contributed by atoms with Crippen LogP contribution < -0.4 is 5.73 Å². The minimum absolute atomic E-state index is 0.0943. The molecule has 0 fully saturated rings. The van der Waals surface area contributed by atoms with Gasteiger partial charge in [0.15, 0.2) is 0 Å². The Morgan fingerprint density at radius 1 is 0.882 bits per heavy atom. The Morgan fingerprint density at radius 2 is 1.29 bits per heavy atom. The number of hydrogen-bond donors (Lipinski definition) is 1. The van der Waals surface area contributed by atoms with Crippen LogP contribution >= 0.6 is 0 Å². The molecule has 1 rings (SSSR count). The summed E-state index contributed by atoms with van der Waals surface area (Å²) in [5, 5.41) is 0. The summed E-state index contributed by atoms with van der Waals surface area (Å²) in [4.78, 5) is 23.4. The smallest absolute Gasteiger partial charge is 0.257 e. The molecule has 0 saturated heterocycles. The fraction of sp³-hybridized carbons (Fsp3) is 0.444. The van der Waals surface area contributed by atoms with Gasteiger partial charge in [-0.2, -0.15) is 15.0 Å². The van der Waals surface area contributed by atoms with Gasteiger partial charge >= 0.3 is 0 Å². The molecule has 8 nitrogen and oxygen atoms in total. The lowest BCUT2D eigenvalue weighted by molar-refractivity contribution is 0.641. The van der Waals surface area contributed by atoms with Crippen molar-refractivity contribution < 1.29 is 0 Å². The minimum atomic E-state index is 0.0943. The molecule has 0 unspecified atom stereocenters. The van der Waals surface area contributed by atoms with Gasteiger partial charge in [0.1, 0.15) is 0 Å². The Hall–Kier alpha value is -2.25. The summed E-state index contributed by atoms with van der Waals surface area (Å²) in [5.41, 5.74) is 5.53. The summed E-state index contributed by atoms with van der Waals surface area (Å²) in [7, 11) is 7.39. The number of hydrogen-bond acceptors (Lipinski definition) is 6. The highest BCUT2D eigenvalue weighted by Gasteiger charge is 2.01. The third kappa shape index (κ3) is 4.87. The lowest BCUT2D eigenvalue weighted by atomic mass is 10.8. The maximum atomic E-state index is 5.53. The van der Waals surface area contributed by atoms with Crippen LogP contribution in [-0.2, 0) is 0 Å². The van der Waals surface area contributed by atoms with Crippen molar-refractivity contribution in [3.05, 3.63) is 0 Å². The van der Waals surface area contributed by atoms with E-state index < -0.39 is 0 Å². The van der Waals surface area contributed by atoms with Gasteiger partial charge in [-0.1, -0.05) is 0 Å². The highest BCUT2D eigenvalue weighted by molar-refractivity contribution is 5.60. The normalized spacial score (nSPS) is 11.3. The van der Waals surface area contributed by atoms with Crippen LogP contribution in [0, 0.1) is 0 Å². The second-order valence-electron chi connectivity index (χ2n) is 3.71. The van der Waals surface area contributed by atoms with E-state index in [2.05, 4.69) is 24.9 Å². The average Bonchev–Trinajstić information content (AvgIpc) is 2.23. The molecule has 0 aliphatic heterocycles. The molecule has 17 heavy (non-hydrogen) atoms. The number of anilines is 1. The third-order valence-electron chi connectivity index (χ3n) is 1.44. The van der Waals surface area contributed by atoms with E-state index in [0.29, 0.717) is 0 Å². The molecule has 0 spiro atoms. The number of nitrogens with two attached hydrogens (primary N) is 1. The SMILES string of the molecule is CN(C)C=Nc1nc(N)nc(N=CN(C)C)n1. The molecule has 0 saturated carbocycles. The van der Waals surface area contributed by atoms with Gasteiger partial charge in [0.2, 0.25) is 5.95 Å². The third-order valence-corrected chi connectivity index (χ3v) is 1.44. The topological polar surface area (TPSA) is 95.9 Å². The highest BCUT2D eigenvalue weighted by Crippen LogP contribution is 2.11. The summed E-state index contributed by atoms with van der Waals surface area (Å²) in [6, 6.07) is 0. The molecule has 1 aromatic rings. The van der Waals surface area contributed by atoms with E-state index >= 15 is 0 Å². The predicted octanol–water partition coefficient (Wildman–Crippen LogP) is -0.103. The summed E-state index contributed by atoms with van der Waals surface area (Å²) in [6.45, 7) is 0. The average molecular weight is 236 g/mol. The van der Waals surface area contributed by atoms with Crippen LogP contribution in [-0.4, -0.2) is 65.6 Å². The zero-order valence-corrected chi connectivity index (χ0v) is 10.4. The van der Waals surface area contributed by atoms with Crippen LogP contribution in [0.2, 0.25) is 0 Å². The fourth-order valence-electron chi connectivity index (χ4n) is 0.819. The fourth-order valence-corrected chi connectivity index (χ4v) is 0.819. The zero-order chi connectivity index (χ0) is 12.8. The lowest BCUT2D eigenvalue weighted by Gasteiger charge is -2.03. The van der Waals surface area contributed by atoms with Crippen molar-refractivity contribution in [3.8, 4) is 0 Å². The van der Waals surface area contributed by atoms with Gasteiger partial charge in [-0.05, 0) is 0 Å². The van der Waals surface area contributed by atoms with Gasteiger partial charge in [-0.15, -0.1) is 0 Å². The Kier molecular flexibility index (Phi) is 4.32. The maximum Gasteiger partial charge on any atom is 0.257 e. The minimum Gasteiger partial charge on any atom is -0.369 e. The van der Waals surface area contributed by atoms with Gasteiger partial charge in [-0.25, -0.2) is 9.98 Å². The molecule has 2 N–H and O–H groups in total. The van der Waals surface area contributed by atoms with E-state index in [0.717, 1.165) is 0 Å². The summed E-state index contributed by atoms with van der Waals surface area (Å²) in [6.07, 6.45) is 3.16. The number of rotatable bonds is 4. The Bertz CT molecular complexity index is 387. The molecular formula is C9H16N8. The van der Waals surface area contributed by atoms with Crippen molar-refractivity contribution in [2.24, 2.45) is 9.98 Å². The summed E-state index contributed by atoms with van der Waals surface area (Å²) < 4.78 is 0. The maximum absolute atomic E-state index is 5.53. The van der Waals surface area contributed by atoms with Crippen LogP contribution in [0.3, 0.4) is 0 Å². The molecule has 0 amide bonds. The van der Waals surface area contributed by atoms with Crippen LogP contribution in [0.25, 0.3) is 0 Å². The van der Waals surface area contributed by atoms with E-state index in [1.807, 2.05) is 28.2 Å². The summed E-state index contributed by atoms with van der Waals surface area (Å²) >= 11 is 0. The van der Waals surface area contributed by atoms with E-state index in [-0.39, 0.29) is 17.8 Å². The highest BCUT2D eigenvalue weighted by atomic mass is 15.2. The molecular weight excluding hydrogens is 220 g/mol. The van der Waals surface area contributed by atoms with Crippen LogP contribution in [0.4, 0.5) is 17.8 Å². The lowest BCUT2D eigenvalue weighted by Crippen LogP contribution is -2.08. The van der Waals surface area contributed by atoms with Crippen molar-refractivity contribution in [3.63, 3.8) is 0 Å². The number of nitrogen functional groups attached to an aromatic ring is 1. The quantitative estimate of drug-likeness (QED) is 0.579. The van der Waals surface area contributed by atoms with Crippen molar-refractivity contribution in [2.75, 3.05) is 33.9 Å². The predicted molar refractivity (Wildman–Crippen MR) is 67.9 cm³/mol. The second-order valence-corrected chi connectivity index (χ2v) is 3.71. The molecule has 0 aliphatic carbocycles. The zero-order valence-electron chi connectivity index (χ0n) is 10.4. The van der Waals surface area contributed by atoms with Gasteiger partial charge < -0.3 is 15.5 Å². The second kappa shape index (κ2) is 5.73. The first-order valence-electron chi connectivity index (χ1n) is 4.90. The van der Waals surface area contributed by atoms with Crippen molar-refractivity contribution in [2.45, 2.75) is 0 Å².